The minimum Gasteiger partial charge on any atom is -0.444 e. The fourth-order valence-electron chi connectivity index (χ4n) is 2.53. The summed E-state index contributed by atoms with van der Waals surface area (Å²) in [6, 6.07) is 13.1. The first-order chi connectivity index (χ1) is 13.1. The molecule has 0 saturated heterocycles. The molecule has 0 aliphatic carbocycles. The van der Waals surface area contributed by atoms with Gasteiger partial charge in [0.2, 0.25) is 0 Å². The molecule has 0 radical (unpaired) electrons. The van der Waals surface area contributed by atoms with Gasteiger partial charge in [-0.05, 0) is 44.0 Å². The van der Waals surface area contributed by atoms with Crippen LogP contribution in [0.1, 0.15) is 37.5 Å². The van der Waals surface area contributed by atoms with Crippen LogP contribution >= 0.6 is 23.2 Å². The summed E-state index contributed by atoms with van der Waals surface area (Å²) in [6.45, 7) is 5.48. The molecule has 2 N–H and O–H groups in total. The maximum atomic E-state index is 11.7. The first-order valence-electron chi connectivity index (χ1n) is 9.00. The molecule has 2 aromatic rings. The van der Waals surface area contributed by atoms with Crippen molar-refractivity contribution < 1.29 is 14.6 Å². The first-order valence-corrected chi connectivity index (χ1v) is 9.75. The third-order valence-corrected chi connectivity index (χ3v) is 4.40. The molecule has 2 aromatic carbocycles. The SMILES string of the molecule is CC(C)(C)OC(=O)NCC(O)Cc1cccc(C=Cc2c(Cl)cccc2Cl)c1. The summed E-state index contributed by atoms with van der Waals surface area (Å²) in [5.74, 6) is 0. The lowest BCUT2D eigenvalue weighted by Gasteiger charge is -2.20. The zero-order valence-corrected chi connectivity index (χ0v) is 17.7. The average Bonchev–Trinajstić information content (AvgIpc) is 2.58. The summed E-state index contributed by atoms with van der Waals surface area (Å²) in [4.78, 5) is 11.7. The maximum absolute atomic E-state index is 11.7. The number of hydrogen-bond donors (Lipinski definition) is 2. The van der Waals surface area contributed by atoms with Crippen molar-refractivity contribution >= 4 is 41.4 Å². The van der Waals surface area contributed by atoms with E-state index in [1.165, 1.54) is 0 Å². The van der Waals surface area contributed by atoms with Crippen LogP contribution in [0, 0.1) is 0 Å². The lowest BCUT2D eigenvalue weighted by molar-refractivity contribution is 0.0492. The summed E-state index contributed by atoms with van der Waals surface area (Å²) in [6.07, 6.45) is 2.93. The van der Waals surface area contributed by atoms with E-state index in [0.29, 0.717) is 16.5 Å². The van der Waals surface area contributed by atoms with E-state index < -0.39 is 17.8 Å². The Labute approximate surface area is 176 Å². The smallest absolute Gasteiger partial charge is 0.407 e. The van der Waals surface area contributed by atoms with Crippen LogP contribution in [-0.4, -0.2) is 29.4 Å². The molecule has 0 spiro atoms. The van der Waals surface area contributed by atoms with Crippen molar-refractivity contribution in [1.82, 2.24) is 5.32 Å². The molecule has 4 nitrogen and oxygen atoms in total. The predicted molar refractivity (Wildman–Crippen MR) is 116 cm³/mol. The lowest BCUT2D eigenvalue weighted by atomic mass is 10.0. The number of carbonyl (C=O) groups excluding carboxylic acids is 1. The van der Waals surface area contributed by atoms with Gasteiger partial charge in [0.25, 0.3) is 0 Å². The molecule has 6 heteroatoms. The highest BCUT2D eigenvalue weighted by Gasteiger charge is 2.17. The Morgan fingerprint density at radius 3 is 2.43 bits per heavy atom. The minimum absolute atomic E-state index is 0.115. The van der Waals surface area contributed by atoms with Gasteiger partial charge in [0.15, 0.2) is 0 Å². The molecule has 150 valence electrons. The van der Waals surface area contributed by atoms with Crippen LogP contribution in [0.4, 0.5) is 4.79 Å². The van der Waals surface area contributed by atoms with Gasteiger partial charge in [-0.1, -0.05) is 65.7 Å². The van der Waals surface area contributed by atoms with E-state index in [2.05, 4.69) is 5.32 Å². The molecule has 1 amide bonds. The minimum atomic E-state index is -0.718. The van der Waals surface area contributed by atoms with Crippen molar-refractivity contribution in [2.24, 2.45) is 0 Å². The molecular formula is C22H25Cl2NO3. The second kappa shape index (κ2) is 9.97. The Kier molecular flexibility index (Phi) is 7.93. The summed E-state index contributed by atoms with van der Waals surface area (Å²) in [5.41, 5.74) is 2.10. The van der Waals surface area contributed by atoms with Crippen molar-refractivity contribution in [2.75, 3.05) is 6.54 Å². The van der Waals surface area contributed by atoms with E-state index in [4.69, 9.17) is 27.9 Å². The molecule has 1 unspecified atom stereocenters. The van der Waals surface area contributed by atoms with Crippen LogP contribution < -0.4 is 5.32 Å². The van der Waals surface area contributed by atoms with Crippen molar-refractivity contribution in [3.05, 3.63) is 69.2 Å². The molecule has 2 rings (SSSR count). The van der Waals surface area contributed by atoms with Gasteiger partial charge < -0.3 is 15.2 Å². The number of aliphatic hydroxyl groups is 1. The summed E-state index contributed by atoms with van der Waals surface area (Å²) < 4.78 is 5.16. The van der Waals surface area contributed by atoms with Crippen LogP contribution in [-0.2, 0) is 11.2 Å². The molecule has 0 bridgehead atoms. The van der Waals surface area contributed by atoms with E-state index >= 15 is 0 Å². The van der Waals surface area contributed by atoms with Crippen LogP contribution in [0.5, 0.6) is 0 Å². The largest absolute Gasteiger partial charge is 0.444 e. The second-order valence-corrected chi connectivity index (χ2v) is 8.27. The number of alkyl carbamates (subject to hydrolysis) is 1. The third-order valence-electron chi connectivity index (χ3n) is 3.75. The van der Waals surface area contributed by atoms with Gasteiger partial charge in [-0.25, -0.2) is 4.79 Å². The quantitative estimate of drug-likeness (QED) is 0.597. The zero-order valence-electron chi connectivity index (χ0n) is 16.2. The Morgan fingerprint density at radius 1 is 1.14 bits per heavy atom. The number of ether oxygens (including phenoxy) is 1. The Hall–Kier alpha value is -2.01. The zero-order chi connectivity index (χ0) is 20.7. The highest BCUT2D eigenvalue weighted by atomic mass is 35.5. The summed E-state index contributed by atoms with van der Waals surface area (Å²) >= 11 is 12.4. The summed E-state index contributed by atoms with van der Waals surface area (Å²) in [7, 11) is 0. The topological polar surface area (TPSA) is 58.6 Å². The van der Waals surface area contributed by atoms with E-state index in [1.807, 2.05) is 36.4 Å². The van der Waals surface area contributed by atoms with E-state index in [9.17, 15) is 9.90 Å². The van der Waals surface area contributed by atoms with Gasteiger partial charge in [0.05, 0.1) is 6.10 Å². The number of aliphatic hydroxyl groups excluding tert-OH is 1. The molecular weight excluding hydrogens is 397 g/mol. The number of hydrogen-bond acceptors (Lipinski definition) is 3. The molecule has 28 heavy (non-hydrogen) atoms. The van der Waals surface area contributed by atoms with Crippen LogP contribution in [0.3, 0.4) is 0 Å². The van der Waals surface area contributed by atoms with Gasteiger partial charge in [-0.15, -0.1) is 0 Å². The van der Waals surface area contributed by atoms with Crippen molar-refractivity contribution in [1.29, 1.82) is 0 Å². The van der Waals surface area contributed by atoms with Gasteiger partial charge in [-0.3, -0.25) is 0 Å². The van der Waals surface area contributed by atoms with E-state index in [1.54, 1.807) is 39.0 Å². The Balaban J connectivity index is 1.96. The number of nitrogens with one attached hydrogen (secondary N) is 1. The normalized spacial score (nSPS) is 12.8. The highest BCUT2D eigenvalue weighted by Crippen LogP contribution is 2.26. The molecule has 0 aliphatic rings. The molecule has 0 fully saturated rings. The third kappa shape index (κ3) is 7.55. The van der Waals surface area contributed by atoms with E-state index in [-0.39, 0.29) is 6.54 Å². The molecule has 0 aromatic heterocycles. The van der Waals surface area contributed by atoms with Gasteiger partial charge in [0.1, 0.15) is 5.60 Å². The van der Waals surface area contributed by atoms with E-state index in [0.717, 1.165) is 16.7 Å². The fourth-order valence-corrected chi connectivity index (χ4v) is 3.06. The molecule has 0 saturated carbocycles. The average molecular weight is 422 g/mol. The lowest BCUT2D eigenvalue weighted by Crippen LogP contribution is -2.37. The standard InChI is InChI=1S/C22H25Cl2NO3/c1-22(2,3)28-21(27)25-14-17(26)13-16-7-4-6-15(12-16)10-11-18-19(23)8-5-9-20(18)24/h4-12,17,26H,13-14H2,1-3H3,(H,25,27). The monoisotopic (exact) mass is 421 g/mol. The number of carbonyl (C=O) groups is 1. The van der Waals surface area contributed by atoms with Crippen LogP contribution in [0.25, 0.3) is 12.2 Å². The maximum Gasteiger partial charge on any atom is 0.407 e. The van der Waals surface area contributed by atoms with Crippen molar-refractivity contribution in [3.8, 4) is 0 Å². The van der Waals surface area contributed by atoms with Crippen LogP contribution in [0.2, 0.25) is 10.0 Å². The molecule has 0 aliphatic heterocycles. The van der Waals surface area contributed by atoms with Crippen molar-refractivity contribution in [3.63, 3.8) is 0 Å². The fraction of sp³-hybridized carbons (Fsp3) is 0.318. The van der Waals surface area contributed by atoms with Gasteiger partial charge in [0, 0.05) is 28.6 Å². The highest BCUT2D eigenvalue weighted by molar-refractivity contribution is 6.37. The molecule has 1 atom stereocenters. The Bertz CT molecular complexity index is 824. The predicted octanol–water partition coefficient (Wildman–Crippen LogP) is 5.59. The molecule has 0 heterocycles. The van der Waals surface area contributed by atoms with Crippen LogP contribution in [0.15, 0.2) is 42.5 Å². The summed E-state index contributed by atoms with van der Waals surface area (Å²) in [5, 5.41) is 13.9. The Morgan fingerprint density at radius 2 is 1.79 bits per heavy atom. The van der Waals surface area contributed by atoms with Gasteiger partial charge in [-0.2, -0.15) is 0 Å². The van der Waals surface area contributed by atoms with Gasteiger partial charge >= 0.3 is 6.09 Å². The second-order valence-electron chi connectivity index (χ2n) is 7.45. The number of rotatable bonds is 6. The van der Waals surface area contributed by atoms with Crippen molar-refractivity contribution in [2.45, 2.75) is 38.9 Å². The number of benzene rings is 2. The first kappa shape index (κ1) is 22.3. The number of amides is 1. The number of halogens is 2.